The molecule has 8 heteroatoms. The number of amides is 2. The van der Waals surface area contributed by atoms with Crippen molar-refractivity contribution < 1.29 is 19.4 Å². The van der Waals surface area contributed by atoms with E-state index in [4.69, 9.17) is 27.9 Å². The van der Waals surface area contributed by atoms with Gasteiger partial charge in [0.2, 0.25) is 5.91 Å². The summed E-state index contributed by atoms with van der Waals surface area (Å²) in [5.74, 6) is -1.41. The Morgan fingerprint density at radius 3 is 2.33 bits per heavy atom. The fraction of sp³-hybridized carbons (Fsp3) is 0.412. The Hall–Kier alpha value is -3.06. The molecule has 1 heterocycles. The molecule has 0 radical (unpaired) electrons. The Kier molecular flexibility index (Phi) is 8.62. The second kappa shape index (κ2) is 11.9. The van der Waals surface area contributed by atoms with Gasteiger partial charge in [-0.25, -0.2) is 4.79 Å². The fourth-order valence-corrected chi connectivity index (χ4v) is 6.37. The maximum atomic E-state index is 14.6. The van der Waals surface area contributed by atoms with Gasteiger partial charge in [0, 0.05) is 25.0 Å². The van der Waals surface area contributed by atoms with E-state index in [1.165, 1.54) is 4.90 Å². The van der Waals surface area contributed by atoms with E-state index in [0.717, 1.165) is 35.1 Å². The first-order valence-corrected chi connectivity index (χ1v) is 15.2. The van der Waals surface area contributed by atoms with E-state index >= 15 is 0 Å². The number of carbonyl (C=O) groups excluding carboxylic acids is 2. The number of ether oxygens (including phenoxy) is 1. The molecule has 1 saturated heterocycles. The van der Waals surface area contributed by atoms with Crippen molar-refractivity contribution in [2.75, 3.05) is 13.1 Å². The van der Waals surface area contributed by atoms with Crippen LogP contribution in [0.25, 0.3) is 11.1 Å². The van der Waals surface area contributed by atoms with Crippen LogP contribution in [0, 0.1) is 5.92 Å². The molecular weight excluding hydrogens is 571 g/mol. The molecule has 1 aliphatic carbocycles. The van der Waals surface area contributed by atoms with Crippen LogP contribution in [-0.4, -0.2) is 57.2 Å². The van der Waals surface area contributed by atoms with Crippen LogP contribution in [-0.2, 0) is 16.1 Å². The van der Waals surface area contributed by atoms with E-state index in [0.29, 0.717) is 16.6 Å². The lowest BCUT2D eigenvalue weighted by atomic mass is 9.70. The molecule has 1 saturated carbocycles. The Morgan fingerprint density at radius 2 is 1.67 bits per heavy atom. The van der Waals surface area contributed by atoms with Crippen molar-refractivity contribution in [3.63, 3.8) is 0 Å². The maximum absolute atomic E-state index is 14.6. The van der Waals surface area contributed by atoms with Crippen molar-refractivity contribution >= 4 is 35.2 Å². The first-order chi connectivity index (χ1) is 19.8. The molecule has 0 aromatic heterocycles. The quantitative estimate of drug-likeness (QED) is 0.313. The van der Waals surface area contributed by atoms with E-state index < -0.39 is 29.1 Å². The number of likely N-dealkylation sites (tertiary alicyclic amines) is 1. The van der Waals surface area contributed by atoms with Crippen LogP contribution >= 0.6 is 23.2 Å². The number of rotatable bonds is 6. The predicted molar refractivity (Wildman–Crippen MR) is 167 cm³/mol. The van der Waals surface area contributed by atoms with Crippen molar-refractivity contribution in [2.24, 2.45) is 5.92 Å². The summed E-state index contributed by atoms with van der Waals surface area (Å²) in [7, 11) is 0. The Morgan fingerprint density at radius 1 is 1.00 bits per heavy atom. The molecule has 2 aliphatic rings. The molecule has 1 N–H and O–H groups in total. The molecule has 2 amide bonds. The van der Waals surface area contributed by atoms with Crippen LogP contribution in [0.1, 0.15) is 57.6 Å². The average molecular weight is 610 g/mol. The summed E-state index contributed by atoms with van der Waals surface area (Å²) < 4.78 is 5.68. The minimum Gasteiger partial charge on any atom is -0.444 e. The smallest absolute Gasteiger partial charge is 0.410 e. The predicted octanol–water partition coefficient (Wildman–Crippen LogP) is 7.55. The molecule has 0 bridgehead atoms. The SMILES string of the molecule is CC(C)(C)OC(=O)N1C[C@H](C(=O)N(Cc2cccc(Cl)c2Cl)C2CC2)[C@@H](c2cccc(-c3ccccc3)c2)[C@@](C)(O)C1. The lowest BCUT2D eigenvalue weighted by molar-refractivity contribution is -0.146. The normalized spacial score (nSPS) is 22.5. The van der Waals surface area contributed by atoms with Gasteiger partial charge in [-0.3, -0.25) is 4.79 Å². The summed E-state index contributed by atoms with van der Waals surface area (Å²) in [6.45, 7) is 7.57. The highest BCUT2D eigenvalue weighted by molar-refractivity contribution is 6.42. The number of halogens is 2. The van der Waals surface area contributed by atoms with Gasteiger partial charge >= 0.3 is 6.09 Å². The summed E-state index contributed by atoms with van der Waals surface area (Å²) in [6, 6.07) is 23.5. The highest BCUT2D eigenvalue weighted by Crippen LogP contribution is 2.44. The number of β-amino-alcohol motifs (C(OH)–C–C–N with tert-alkyl or cyclic N) is 1. The van der Waals surface area contributed by atoms with E-state index in [1.807, 2.05) is 71.6 Å². The molecule has 222 valence electrons. The molecule has 3 aromatic rings. The summed E-state index contributed by atoms with van der Waals surface area (Å²) in [5, 5.41) is 12.9. The number of hydrogen-bond acceptors (Lipinski definition) is 4. The van der Waals surface area contributed by atoms with Crippen molar-refractivity contribution in [1.82, 2.24) is 9.80 Å². The van der Waals surface area contributed by atoms with Gasteiger partial charge < -0.3 is 19.6 Å². The number of benzene rings is 3. The van der Waals surface area contributed by atoms with Gasteiger partial charge in [0.05, 0.1) is 28.1 Å². The standard InChI is InChI=1S/C34H38Cl2N2O4/c1-33(2,3)42-32(40)37-20-27(31(39)38(26-16-17-26)19-25-14-9-15-28(35)30(25)36)29(34(4,41)21-37)24-13-8-12-23(18-24)22-10-6-5-7-11-22/h5-15,18,26-27,29,41H,16-17,19-21H2,1-4H3/t27-,29+,34-/m0/s1. The number of nitrogens with zero attached hydrogens (tertiary/aromatic N) is 2. The van der Waals surface area contributed by atoms with Gasteiger partial charge in [-0.1, -0.05) is 89.9 Å². The van der Waals surface area contributed by atoms with Crippen LogP contribution in [0.4, 0.5) is 4.79 Å². The molecule has 5 rings (SSSR count). The van der Waals surface area contributed by atoms with Gasteiger partial charge in [0.25, 0.3) is 0 Å². The minimum atomic E-state index is -1.41. The van der Waals surface area contributed by atoms with Crippen molar-refractivity contribution in [2.45, 2.75) is 70.2 Å². The van der Waals surface area contributed by atoms with Crippen molar-refractivity contribution in [3.05, 3.63) is 94.0 Å². The number of aliphatic hydroxyl groups is 1. The Bertz CT molecular complexity index is 1450. The average Bonchev–Trinajstić information content (AvgIpc) is 3.77. The molecule has 3 aromatic carbocycles. The second-order valence-corrected chi connectivity index (χ2v) is 13.5. The van der Waals surface area contributed by atoms with Crippen molar-refractivity contribution in [1.29, 1.82) is 0 Å². The first-order valence-electron chi connectivity index (χ1n) is 14.4. The zero-order valence-electron chi connectivity index (χ0n) is 24.5. The van der Waals surface area contributed by atoms with Gasteiger partial charge in [-0.2, -0.15) is 0 Å². The van der Waals surface area contributed by atoms with Crippen molar-refractivity contribution in [3.8, 4) is 11.1 Å². The number of carbonyl (C=O) groups is 2. The topological polar surface area (TPSA) is 70.1 Å². The lowest BCUT2D eigenvalue weighted by Crippen LogP contribution is -2.60. The van der Waals surface area contributed by atoms with Crippen LogP contribution < -0.4 is 0 Å². The summed E-state index contributed by atoms with van der Waals surface area (Å²) >= 11 is 12.9. The fourth-order valence-electron chi connectivity index (χ4n) is 5.99. The number of hydrogen-bond donors (Lipinski definition) is 1. The molecular formula is C34H38Cl2N2O4. The van der Waals surface area contributed by atoms with E-state index in [2.05, 4.69) is 0 Å². The van der Waals surface area contributed by atoms with Crippen LogP contribution in [0.5, 0.6) is 0 Å². The lowest BCUT2D eigenvalue weighted by Gasteiger charge is -2.48. The zero-order chi connectivity index (χ0) is 30.2. The monoisotopic (exact) mass is 608 g/mol. The zero-order valence-corrected chi connectivity index (χ0v) is 26.0. The molecule has 42 heavy (non-hydrogen) atoms. The van der Waals surface area contributed by atoms with Gasteiger partial charge in [-0.05, 0) is 68.9 Å². The third kappa shape index (κ3) is 6.77. The molecule has 2 fully saturated rings. The Labute approximate surface area is 258 Å². The molecule has 6 nitrogen and oxygen atoms in total. The van der Waals surface area contributed by atoms with Gasteiger partial charge in [-0.15, -0.1) is 0 Å². The van der Waals surface area contributed by atoms with E-state index in [9.17, 15) is 14.7 Å². The summed E-state index contributed by atoms with van der Waals surface area (Å²) in [6.07, 6.45) is 1.22. The van der Waals surface area contributed by atoms with E-state index in [-0.39, 0.29) is 25.0 Å². The third-order valence-corrected chi connectivity index (χ3v) is 8.82. The summed E-state index contributed by atoms with van der Waals surface area (Å²) in [5.41, 5.74) is 1.52. The first kappa shape index (κ1) is 30.4. The Balaban J connectivity index is 1.55. The van der Waals surface area contributed by atoms with Crippen LogP contribution in [0.15, 0.2) is 72.8 Å². The van der Waals surface area contributed by atoms with E-state index in [1.54, 1.807) is 33.8 Å². The van der Waals surface area contributed by atoms with Gasteiger partial charge in [0.15, 0.2) is 0 Å². The minimum absolute atomic E-state index is 0.0372. The highest BCUT2D eigenvalue weighted by Gasteiger charge is 2.51. The molecule has 1 aliphatic heterocycles. The third-order valence-electron chi connectivity index (χ3n) is 7.97. The molecule has 3 atom stereocenters. The largest absolute Gasteiger partial charge is 0.444 e. The van der Waals surface area contributed by atoms with Crippen LogP contribution in [0.2, 0.25) is 10.0 Å². The second-order valence-electron chi connectivity index (χ2n) is 12.7. The highest BCUT2D eigenvalue weighted by atomic mass is 35.5. The maximum Gasteiger partial charge on any atom is 0.410 e. The number of piperidine rings is 1. The van der Waals surface area contributed by atoms with Gasteiger partial charge in [0.1, 0.15) is 5.60 Å². The molecule has 0 unspecified atom stereocenters. The summed E-state index contributed by atoms with van der Waals surface area (Å²) in [4.78, 5) is 31.2. The molecule has 0 spiro atoms. The van der Waals surface area contributed by atoms with Crippen LogP contribution in [0.3, 0.4) is 0 Å².